The molecule has 0 N–H and O–H groups in total. The fourth-order valence-corrected chi connectivity index (χ4v) is 8.93. The molecular formula is C60H112N10O14. The van der Waals surface area contributed by atoms with Crippen molar-refractivity contribution in [3.05, 3.63) is 0 Å². The van der Waals surface area contributed by atoms with Crippen LogP contribution >= 0.6 is 0 Å². The number of esters is 6. The number of ether oxygens (including phenoxy) is 6. The quantitative estimate of drug-likeness (QED) is 0.134. The largest absolute Gasteiger partial charge is 0.459 e. The van der Waals surface area contributed by atoms with E-state index in [-0.39, 0.29) is 89.2 Å². The van der Waals surface area contributed by atoms with Gasteiger partial charge in [-0.3, -0.25) is 77.6 Å². The molecule has 2 fully saturated rings. The second kappa shape index (κ2) is 34.1. The zero-order chi connectivity index (χ0) is 64.0. The summed E-state index contributed by atoms with van der Waals surface area (Å²) in [4.78, 5) is 127. The maximum absolute atomic E-state index is 14.2. The smallest absolute Gasteiger partial charge is 0.320 e. The van der Waals surface area contributed by atoms with E-state index >= 15 is 0 Å². The van der Waals surface area contributed by atoms with Gasteiger partial charge in [0.15, 0.2) is 0 Å². The molecule has 2 amide bonds. The minimum Gasteiger partial charge on any atom is -0.459 e. The highest BCUT2D eigenvalue weighted by Crippen LogP contribution is 2.15. The van der Waals surface area contributed by atoms with Gasteiger partial charge in [-0.2, -0.15) is 0 Å². The van der Waals surface area contributed by atoms with E-state index in [0.29, 0.717) is 105 Å². The number of hydrogen-bond donors (Lipinski definition) is 0. The van der Waals surface area contributed by atoms with E-state index in [0.717, 1.165) is 0 Å². The lowest BCUT2D eigenvalue weighted by Gasteiger charge is -2.35. The molecular weight excluding hydrogens is 1080 g/mol. The Labute approximate surface area is 504 Å². The molecule has 0 aliphatic carbocycles. The molecule has 0 unspecified atom stereocenters. The Morgan fingerprint density at radius 2 is 0.369 bits per heavy atom. The van der Waals surface area contributed by atoms with E-state index in [1.54, 1.807) is 23.9 Å². The maximum atomic E-state index is 14.2. The highest BCUT2D eigenvalue weighted by atomic mass is 16.6. The summed E-state index contributed by atoms with van der Waals surface area (Å²) in [7, 11) is 3.40. The fraction of sp³-hybridized carbons (Fsp3) is 0.867. The van der Waals surface area contributed by atoms with Gasteiger partial charge >= 0.3 is 35.8 Å². The Morgan fingerprint density at radius 3 is 0.488 bits per heavy atom. The lowest BCUT2D eigenvalue weighted by molar-refractivity contribution is -0.158. The van der Waals surface area contributed by atoms with Crippen LogP contribution in [0.1, 0.15) is 125 Å². The molecule has 0 aromatic heterocycles. The van der Waals surface area contributed by atoms with Crippen molar-refractivity contribution in [3.63, 3.8) is 0 Å². The number of likely N-dealkylation sites (N-methyl/N-ethyl adjacent to an activating group) is 2. The zero-order valence-corrected chi connectivity index (χ0v) is 55.6. The van der Waals surface area contributed by atoms with Crippen LogP contribution in [0, 0.1) is 0 Å². The van der Waals surface area contributed by atoms with Gasteiger partial charge in [0, 0.05) is 132 Å². The van der Waals surface area contributed by atoms with Crippen LogP contribution in [0.25, 0.3) is 0 Å². The summed E-state index contributed by atoms with van der Waals surface area (Å²) in [6.07, 6.45) is 0. The van der Waals surface area contributed by atoms with E-state index in [1.807, 2.05) is 164 Å². The Kier molecular flexibility index (Phi) is 30.7. The number of rotatable bonds is 19. The third-order valence-corrected chi connectivity index (χ3v) is 12.8. The minimum absolute atomic E-state index is 0.00735. The Bertz CT molecular complexity index is 1870. The zero-order valence-electron chi connectivity index (χ0n) is 55.6. The summed E-state index contributed by atoms with van der Waals surface area (Å²) in [6.45, 7) is 39.4. The maximum Gasteiger partial charge on any atom is 0.320 e. The molecule has 2 heterocycles. The molecule has 486 valence electrons. The first-order valence-electron chi connectivity index (χ1n) is 30.0. The summed E-state index contributed by atoms with van der Waals surface area (Å²) in [5, 5.41) is 0. The van der Waals surface area contributed by atoms with Crippen molar-refractivity contribution in [1.82, 2.24) is 49.0 Å². The second-order valence-electron chi connectivity index (χ2n) is 28.4. The first kappa shape index (κ1) is 75.5. The van der Waals surface area contributed by atoms with Gasteiger partial charge in [-0.25, -0.2) is 0 Å². The Hall–Kier alpha value is -4.56. The number of carbonyl (C=O) groups excluding carboxylic acids is 8. The molecule has 0 aromatic rings. The standard InChI is InChI=1S/C60H112N10O14/c1-55(2,3)79-49(73)41-65-27-23-63(24-28-66(42-50(74)80-56(4,5)6)32-36-69(35-31-65)45-53(77)83-59(13,14)15)39-47(71)61(19)21-22-62(20)48(72)40-64-25-29-67(43-51(75)81-57(7,8)9)33-37-70(46-54(78)84-60(16,17)18)38-34-68(30-26-64)44-52(76)82-58(10,11)12/h21-46H2,1-20H3. The van der Waals surface area contributed by atoms with E-state index < -0.39 is 57.5 Å². The molecule has 0 aromatic carbocycles. The van der Waals surface area contributed by atoms with Crippen molar-refractivity contribution in [2.75, 3.05) is 184 Å². The Morgan fingerprint density at radius 1 is 0.250 bits per heavy atom. The summed E-state index contributed by atoms with van der Waals surface area (Å²) in [6, 6.07) is 0. The van der Waals surface area contributed by atoms with E-state index in [1.165, 1.54) is 0 Å². The van der Waals surface area contributed by atoms with Crippen LogP contribution in [0.15, 0.2) is 0 Å². The Balaban J connectivity index is 2.36. The summed E-state index contributed by atoms with van der Waals surface area (Å²) >= 11 is 0. The number of nitrogens with zero attached hydrogens (tertiary/aromatic N) is 10. The minimum atomic E-state index is -0.702. The van der Waals surface area contributed by atoms with Gasteiger partial charge in [0.2, 0.25) is 11.8 Å². The average molecular weight is 1200 g/mol. The van der Waals surface area contributed by atoms with Gasteiger partial charge in [0.1, 0.15) is 33.6 Å². The highest BCUT2D eigenvalue weighted by molar-refractivity contribution is 5.79. The monoisotopic (exact) mass is 1200 g/mol. The molecule has 2 saturated heterocycles. The van der Waals surface area contributed by atoms with Crippen molar-refractivity contribution in [3.8, 4) is 0 Å². The fourth-order valence-electron chi connectivity index (χ4n) is 8.93. The normalized spacial score (nSPS) is 18.2. The highest BCUT2D eigenvalue weighted by Gasteiger charge is 2.30. The van der Waals surface area contributed by atoms with E-state index in [2.05, 4.69) is 0 Å². The summed E-state index contributed by atoms with van der Waals surface area (Å²) in [5.41, 5.74) is -4.18. The average Bonchev–Trinajstić information content (AvgIpc) is 3.48. The predicted molar refractivity (Wildman–Crippen MR) is 322 cm³/mol. The lowest BCUT2D eigenvalue weighted by Crippen LogP contribution is -2.51. The van der Waals surface area contributed by atoms with Crippen LogP contribution < -0.4 is 0 Å². The molecule has 0 spiro atoms. The van der Waals surface area contributed by atoms with Crippen molar-refractivity contribution < 1.29 is 66.8 Å². The van der Waals surface area contributed by atoms with Gasteiger partial charge in [0.25, 0.3) is 0 Å². The van der Waals surface area contributed by atoms with Gasteiger partial charge in [-0.05, 0) is 125 Å². The molecule has 0 saturated carbocycles. The van der Waals surface area contributed by atoms with Gasteiger partial charge < -0.3 is 38.2 Å². The van der Waals surface area contributed by atoms with Crippen LogP contribution in [0.4, 0.5) is 0 Å². The molecule has 0 atom stereocenters. The van der Waals surface area contributed by atoms with Crippen molar-refractivity contribution in [2.45, 2.75) is 158 Å². The third kappa shape index (κ3) is 37.1. The van der Waals surface area contributed by atoms with Crippen LogP contribution in [0.3, 0.4) is 0 Å². The molecule has 84 heavy (non-hydrogen) atoms. The third-order valence-electron chi connectivity index (χ3n) is 12.8. The van der Waals surface area contributed by atoms with E-state index in [4.69, 9.17) is 28.4 Å². The number of hydrogen-bond acceptors (Lipinski definition) is 22. The number of amides is 2. The first-order valence-corrected chi connectivity index (χ1v) is 30.0. The molecule has 2 aliphatic rings. The second-order valence-corrected chi connectivity index (χ2v) is 28.4. The SMILES string of the molecule is CN(CCN(C)C(=O)CN1CCN(CC(=O)OC(C)(C)C)CCN(CC(=O)OC(C)(C)C)CCN(CC(=O)OC(C)(C)C)CC1)C(=O)CN1CCN(CC(=O)OC(C)(C)C)CCN(CC(=O)OC(C)(C)C)CCN(CC(=O)OC(C)(C)C)CC1. The van der Waals surface area contributed by atoms with Crippen molar-refractivity contribution in [1.29, 1.82) is 0 Å². The van der Waals surface area contributed by atoms with Crippen molar-refractivity contribution in [2.24, 2.45) is 0 Å². The van der Waals surface area contributed by atoms with Crippen LogP contribution in [0.5, 0.6) is 0 Å². The molecule has 24 nitrogen and oxygen atoms in total. The predicted octanol–water partition coefficient (Wildman–Crippen LogP) is 2.40. The number of carbonyl (C=O) groups is 8. The van der Waals surface area contributed by atoms with Gasteiger partial charge in [-0.1, -0.05) is 0 Å². The molecule has 0 radical (unpaired) electrons. The molecule has 0 bridgehead atoms. The van der Waals surface area contributed by atoms with Gasteiger partial charge in [0.05, 0.1) is 52.4 Å². The van der Waals surface area contributed by atoms with Crippen LogP contribution in [0.2, 0.25) is 0 Å². The topological polar surface area (TPSA) is 224 Å². The van der Waals surface area contributed by atoms with Crippen LogP contribution in [-0.2, 0) is 66.8 Å². The summed E-state index contributed by atoms with van der Waals surface area (Å²) < 4.78 is 34.2. The first-order chi connectivity index (χ1) is 38.4. The molecule has 24 heteroatoms. The van der Waals surface area contributed by atoms with E-state index in [9.17, 15) is 38.4 Å². The lowest BCUT2D eigenvalue weighted by atomic mass is 10.2. The van der Waals surface area contributed by atoms with Crippen LogP contribution in [-0.4, -0.2) is 314 Å². The molecule has 2 rings (SSSR count). The molecule has 2 aliphatic heterocycles. The van der Waals surface area contributed by atoms with Crippen molar-refractivity contribution >= 4 is 47.6 Å². The van der Waals surface area contributed by atoms with Gasteiger partial charge in [-0.15, -0.1) is 0 Å². The summed E-state index contributed by atoms with van der Waals surface area (Å²) in [5.74, 6) is -2.74.